The lowest BCUT2D eigenvalue weighted by Crippen LogP contribution is -2.83. The summed E-state index contributed by atoms with van der Waals surface area (Å²) in [6.45, 7) is 0.524. The second-order valence-corrected chi connectivity index (χ2v) is 5.07. The van der Waals surface area contributed by atoms with E-state index in [4.69, 9.17) is 5.11 Å². The van der Waals surface area contributed by atoms with Gasteiger partial charge >= 0.3 is 35.6 Å². The Morgan fingerprint density at radius 1 is 0.750 bits per heavy atom. The number of alkyl halides is 11. The number of rotatable bonds is 3. The monoisotopic (exact) mass is 380 g/mol. The van der Waals surface area contributed by atoms with Gasteiger partial charge in [0.15, 0.2) is 0 Å². The first-order chi connectivity index (χ1) is 10.3. The highest BCUT2D eigenvalue weighted by atomic mass is 19.4. The Labute approximate surface area is 125 Å². The fourth-order valence-corrected chi connectivity index (χ4v) is 1.92. The molecule has 0 spiro atoms. The van der Waals surface area contributed by atoms with Crippen LogP contribution in [0, 0.1) is 0 Å². The van der Waals surface area contributed by atoms with Crippen LogP contribution in [0.2, 0.25) is 0 Å². The zero-order chi connectivity index (χ0) is 19.6. The van der Waals surface area contributed by atoms with Crippen LogP contribution in [0.25, 0.3) is 0 Å². The van der Waals surface area contributed by atoms with Crippen molar-refractivity contribution >= 4 is 5.97 Å². The van der Waals surface area contributed by atoms with E-state index in [1.807, 2.05) is 0 Å². The molecule has 1 rings (SSSR count). The number of aliphatic carboxylic acids is 1. The highest BCUT2D eigenvalue weighted by molar-refractivity contribution is 5.85. The van der Waals surface area contributed by atoms with Crippen molar-refractivity contribution in [2.45, 2.75) is 48.6 Å². The molecule has 1 aliphatic rings. The van der Waals surface area contributed by atoms with Gasteiger partial charge in [-0.2, -0.15) is 43.9 Å². The van der Waals surface area contributed by atoms with E-state index < -0.39 is 53.2 Å². The number of halogens is 11. The molecule has 0 atom stereocenters. The summed E-state index contributed by atoms with van der Waals surface area (Å²) in [5.41, 5.74) is -7.31. The fraction of sp³-hybridized carbons (Fsp3) is 0.727. The molecule has 0 aromatic rings. The Morgan fingerprint density at radius 2 is 1.04 bits per heavy atom. The van der Waals surface area contributed by atoms with Crippen LogP contribution in [0.5, 0.6) is 0 Å². The average Bonchev–Trinajstić information content (AvgIpc) is 2.41. The van der Waals surface area contributed by atoms with Gasteiger partial charge in [0, 0.05) is 12.0 Å². The first-order valence-corrected chi connectivity index (χ1v) is 5.81. The number of carbonyl (C=O) groups is 1. The number of allylic oxidation sites excluding steroid dienone is 1. The average molecular weight is 380 g/mol. The van der Waals surface area contributed by atoms with Crippen molar-refractivity contribution in [1.29, 1.82) is 0 Å². The topological polar surface area (TPSA) is 37.3 Å². The molecule has 0 aromatic carbocycles. The summed E-state index contributed by atoms with van der Waals surface area (Å²) in [4.78, 5) is 10.4. The van der Waals surface area contributed by atoms with Gasteiger partial charge in [0.05, 0.1) is 0 Å². The Bertz CT molecular complexity index is 549. The van der Waals surface area contributed by atoms with Crippen LogP contribution >= 0.6 is 0 Å². The molecule has 0 bridgehead atoms. The third-order valence-electron chi connectivity index (χ3n) is 3.60. The molecule has 24 heavy (non-hydrogen) atoms. The van der Waals surface area contributed by atoms with Crippen molar-refractivity contribution in [3.63, 3.8) is 0 Å². The first kappa shape index (κ1) is 20.5. The molecule has 2 nitrogen and oxygen atoms in total. The number of carboxylic acids is 1. The van der Waals surface area contributed by atoms with E-state index in [1.165, 1.54) is 0 Å². The second kappa shape index (κ2) is 4.97. The molecule has 1 aliphatic carbocycles. The standard InChI is InChI=1S/C11H7F11O2/c1-4(5(23)24)2-3-6(12)7(13,14)9(17,18)11(21,22)10(19,20)8(6,15)16/h2H,3H2,1H3,(H,23,24). The zero-order valence-electron chi connectivity index (χ0n) is 11.3. The first-order valence-electron chi connectivity index (χ1n) is 5.81. The number of carboxylic acid groups (broad SMARTS) is 1. The van der Waals surface area contributed by atoms with Gasteiger partial charge in [0.25, 0.3) is 5.67 Å². The Morgan fingerprint density at radius 3 is 1.33 bits per heavy atom. The van der Waals surface area contributed by atoms with Crippen LogP contribution in [0.1, 0.15) is 13.3 Å². The molecule has 1 N–H and O–H groups in total. The lowest BCUT2D eigenvalue weighted by atomic mass is 9.70. The number of hydrogen-bond donors (Lipinski definition) is 1. The minimum absolute atomic E-state index is 0.306. The SMILES string of the molecule is CC(=CCC1(F)C(F)(F)C(F)(F)C(F)(F)C(F)(F)C1(F)F)C(=O)O. The van der Waals surface area contributed by atoms with Gasteiger partial charge in [-0.15, -0.1) is 0 Å². The highest BCUT2D eigenvalue weighted by Gasteiger charge is 3.00. The van der Waals surface area contributed by atoms with E-state index in [0.717, 1.165) is 0 Å². The minimum Gasteiger partial charge on any atom is -0.478 e. The largest absolute Gasteiger partial charge is 0.478 e. The predicted octanol–water partition coefficient (Wildman–Crippen LogP) is 4.31. The highest BCUT2D eigenvalue weighted by Crippen LogP contribution is 2.70. The van der Waals surface area contributed by atoms with E-state index in [-0.39, 0.29) is 6.08 Å². The van der Waals surface area contributed by atoms with Crippen LogP contribution in [0.3, 0.4) is 0 Å². The predicted molar refractivity (Wildman–Crippen MR) is 54.6 cm³/mol. The third-order valence-corrected chi connectivity index (χ3v) is 3.60. The quantitative estimate of drug-likeness (QED) is 0.586. The van der Waals surface area contributed by atoms with E-state index in [2.05, 4.69) is 0 Å². The Hall–Kier alpha value is -1.56. The van der Waals surface area contributed by atoms with Crippen LogP contribution in [0.15, 0.2) is 11.6 Å². The van der Waals surface area contributed by atoms with Crippen molar-refractivity contribution in [3.05, 3.63) is 11.6 Å². The van der Waals surface area contributed by atoms with Gasteiger partial charge in [-0.25, -0.2) is 9.18 Å². The van der Waals surface area contributed by atoms with Gasteiger partial charge in [-0.05, 0) is 6.92 Å². The molecular weight excluding hydrogens is 373 g/mol. The summed E-state index contributed by atoms with van der Waals surface area (Å²) in [6.07, 6.45) is -2.98. The van der Waals surface area contributed by atoms with Gasteiger partial charge in [-0.3, -0.25) is 0 Å². The second-order valence-electron chi connectivity index (χ2n) is 5.07. The summed E-state index contributed by atoms with van der Waals surface area (Å²) in [5.74, 6) is -37.5. The molecule has 140 valence electrons. The smallest absolute Gasteiger partial charge is 0.384 e. The molecule has 0 radical (unpaired) electrons. The van der Waals surface area contributed by atoms with E-state index in [1.54, 1.807) is 0 Å². The molecule has 13 heteroatoms. The molecular formula is C11H7F11O2. The molecule has 1 fully saturated rings. The van der Waals surface area contributed by atoms with Gasteiger partial charge in [0.2, 0.25) is 0 Å². The lowest BCUT2D eigenvalue weighted by molar-refractivity contribution is -0.484. The minimum atomic E-state index is -7.27. The van der Waals surface area contributed by atoms with Crippen LogP contribution < -0.4 is 0 Å². The zero-order valence-corrected chi connectivity index (χ0v) is 11.3. The molecule has 0 saturated heterocycles. The van der Waals surface area contributed by atoms with Gasteiger partial charge in [-0.1, -0.05) is 6.08 Å². The third kappa shape index (κ3) is 1.98. The molecule has 0 heterocycles. The van der Waals surface area contributed by atoms with Crippen LogP contribution in [-0.4, -0.2) is 46.4 Å². The van der Waals surface area contributed by atoms with Crippen molar-refractivity contribution in [1.82, 2.24) is 0 Å². The molecule has 0 aliphatic heterocycles. The summed E-state index contributed by atoms with van der Waals surface area (Å²) in [7, 11) is 0. The Kier molecular flexibility index (Phi) is 4.24. The van der Waals surface area contributed by atoms with Crippen molar-refractivity contribution in [2.24, 2.45) is 0 Å². The van der Waals surface area contributed by atoms with E-state index in [9.17, 15) is 53.1 Å². The fourth-order valence-electron chi connectivity index (χ4n) is 1.92. The maximum Gasteiger partial charge on any atom is 0.384 e. The maximum absolute atomic E-state index is 14.1. The maximum atomic E-state index is 14.1. The summed E-state index contributed by atoms with van der Waals surface area (Å²) in [6, 6.07) is 0. The summed E-state index contributed by atoms with van der Waals surface area (Å²) in [5, 5.41) is 8.36. The summed E-state index contributed by atoms with van der Waals surface area (Å²) < 4.78 is 146. The molecule has 0 amide bonds. The van der Waals surface area contributed by atoms with Crippen molar-refractivity contribution < 1.29 is 58.2 Å². The molecule has 0 aromatic heterocycles. The van der Waals surface area contributed by atoms with Crippen LogP contribution in [0.4, 0.5) is 48.3 Å². The summed E-state index contributed by atoms with van der Waals surface area (Å²) >= 11 is 0. The van der Waals surface area contributed by atoms with Gasteiger partial charge in [0.1, 0.15) is 0 Å². The normalized spacial score (nSPS) is 29.1. The van der Waals surface area contributed by atoms with Crippen molar-refractivity contribution in [2.75, 3.05) is 0 Å². The van der Waals surface area contributed by atoms with E-state index in [0.29, 0.717) is 6.92 Å². The van der Waals surface area contributed by atoms with Crippen LogP contribution in [-0.2, 0) is 4.79 Å². The number of hydrogen-bond acceptors (Lipinski definition) is 1. The van der Waals surface area contributed by atoms with E-state index >= 15 is 0 Å². The van der Waals surface area contributed by atoms with Gasteiger partial charge < -0.3 is 5.11 Å². The van der Waals surface area contributed by atoms with Crippen molar-refractivity contribution in [3.8, 4) is 0 Å². The molecule has 1 saturated carbocycles. The lowest BCUT2D eigenvalue weighted by Gasteiger charge is -2.52. The molecule has 0 unspecified atom stereocenters. The Balaban J connectivity index is 3.69.